The second kappa shape index (κ2) is 11.9. The first-order valence-electron chi connectivity index (χ1n) is 14.7. The number of nitrogens with zero attached hydrogens (tertiary/aromatic N) is 3. The van der Waals surface area contributed by atoms with Crippen LogP contribution in [-0.2, 0) is 39.4 Å². The van der Waals surface area contributed by atoms with Crippen molar-refractivity contribution in [1.82, 2.24) is 14.8 Å². The van der Waals surface area contributed by atoms with Crippen molar-refractivity contribution in [2.45, 2.75) is 97.6 Å². The Morgan fingerprint density at radius 1 is 1.15 bits per heavy atom. The lowest BCUT2D eigenvalue weighted by molar-refractivity contribution is -0.169. The number of pyridine rings is 1. The van der Waals surface area contributed by atoms with E-state index in [4.69, 9.17) is 19.9 Å². The molecule has 5 rings (SSSR count). The van der Waals surface area contributed by atoms with Gasteiger partial charge < -0.3 is 24.4 Å². The highest BCUT2D eigenvalue weighted by Gasteiger charge is 2.31. The third kappa shape index (κ3) is 6.46. The monoisotopic (exact) mass is 562 g/mol. The number of aromatic nitrogens is 1. The number of carbonyl (C=O) groups excluding carboxylic acids is 2. The molecule has 0 spiro atoms. The van der Waals surface area contributed by atoms with Gasteiger partial charge in [-0.3, -0.25) is 15.0 Å². The summed E-state index contributed by atoms with van der Waals surface area (Å²) in [6.45, 7) is 10.4. The SMILES string of the molecule is Cc1nc2c(cc1COC1CCCCO1)CN(CC(=O)c1cc(CN3CCCCC3=O)c(O)c(C(C)(C)C)c1)C2=N. The summed E-state index contributed by atoms with van der Waals surface area (Å²) in [6.07, 6.45) is 5.20. The summed E-state index contributed by atoms with van der Waals surface area (Å²) in [6, 6.07) is 5.51. The normalized spacial score (nSPS) is 19.6. The Morgan fingerprint density at radius 3 is 2.66 bits per heavy atom. The number of hydrogen-bond acceptors (Lipinski definition) is 7. The molecule has 1 amide bonds. The molecule has 0 aliphatic carbocycles. The fraction of sp³-hybridized carbons (Fsp3) is 0.562. The number of aromatic hydroxyl groups is 1. The number of Topliss-reactive ketones (excluding diaryl/α,β-unsaturated/α-hetero) is 1. The van der Waals surface area contributed by atoms with Crippen LogP contribution in [0.3, 0.4) is 0 Å². The maximum Gasteiger partial charge on any atom is 0.222 e. The number of rotatable bonds is 8. The van der Waals surface area contributed by atoms with E-state index in [-0.39, 0.29) is 42.7 Å². The zero-order valence-electron chi connectivity index (χ0n) is 24.7. The van der Waals surface area contributed by atoms with E-state index in [9.17, 15) is 14.7 Å². The first-order valence-corrected chi connectivity index (χ1v) is 14.7. The minimum Gasteiger partial charge on any atom is -0.507 e. The second-order valence-electron chi connectivity index (χ2n) is 12.5. The average Bonchev–Trinajstić information content (AvgIpc) is 3.23. The zero-order valence-corrected chi connectivity index (χ0v) is 24.7. The number of amidine groups is 1. The van der Waals surface area contributed by atoms with Crippen molar-refractivity contribution in [1.29, 1.82) is 5.41 Å². The number of hydrogen-bond donors (Lipinski definition) is 2. The molecule has 1 aromatic carbocycles. The standard InChI is InChI=1S/C32H42N4O5/c1-20-24(19-41-28-10-6-8-12-40-28)14-22-16-36(31(33)29(22)34-20)18-26(37)21-13-23(17-35-11-7-5-9-27(35)38)30(39)25(15-21)32(2,3)4/h13-15,28,33,39H,5-12,16-19H2,1-4H3. The Balaban J connectivity index is 1.33. The molecule has 0 saturated carbocycles. The number of likely N-dealkylation sites (tertiary alicyclic amines) is 1. The number of aryl methyl sites for hydroxylation is 1. The second-order valence-corrected chi connectivity index (χ2v) is 12.5. The van der Waals surface area contributed by atoms with Crippen molar-refractivity contribution in [2.75, 3.05) is 19.7 Å². The molecular formula is C32H42N4O5. The third-order valence-electron chi connectivity index (χ3n) is 8.30. The van der Waals surface area contributed by atoms with Gasteiger partial charge in [0.25, 0.3) is 0 Å². The molecule has 9 heteroatoms. The summed E-state index contributed by atoms with van der Waals surface area (Å²) in [5.74, 6) is 0.302. The number of phenolic OH excluding ortho intramolecular Hbond substituents is 1. The summed E-state index contributed by atoms with van der Waals surface area (Å²) < 4.78 is 11.7. The van der Waals surface area contributed by atoms with Crippen molar-refractivity contribution in [2.24, 2.45) is 0 Å². The van der Waals surface area contributed by atoms with Crippen LogP contribution < -0.4 is 0 Å². The smallest absolute Gasteiger partial charge is 0.222 e. The fourth-order valence-electron chi connectivity index (χ4n) is 5.81. The molecule has 2 saturated heterocycles. The van der Waals surface area contributed by atoms with Crippen molar-refractivity contribution >= 4 is 17.5 Å². The van der Waals surface area contributed by atoms with E-state index >= 15 is 0 Å². The summed E-state index contributed by atoms with van der Waals surface area (Å²) in [4.78, 5) is 34.3. The lowest BCUT2D eigenvalue weighted by Crippen LogP contribution is -2.35. The van der Waals surface area contributed by atoms with Crippen molar-refractivity contribution in [3.8, 4) is 5.75 Å². The van der Waals surface area contributed by atoms with Crippen LogP contribution in [0, 0.1) is 12.3 Å². The van der Waals surface area contributed by atoms with Crippen LogP contribution in [0.1, 0.15) is 103 Å². The highest BCUT2D eigenvalue weighted by atomic mass is 16.7. The van der Waals surface area contributed by atoms with Crippen LogP contribution in [0.25, 0.3) is 0 Å². The molecule has 4 heterocycles. The molecular weight excluding hydrogens is 520 g/mol. The maximum absolute atomic E-state index is 13.7. The van der Waals surface area contributed by atoms with Gasteiger partial charge in [0.15, 0.2) is 12.1 Å². The van der Waals surface area contributed by atoms with Crippen LogP contribution in [0.15, 0.2) is 18.2 Å². The number of fused-ring (bicyclic) bond motifs is 1. The highest BCUT2D eigenvalue weighted by molar-refractivity contribution is 6.04. The van der Waals surface area contributed by atoms with Crippen molar-refractivity contribution in [3.63, 3.8) is 0 Å². The van der Waals surface area contributed by atoms with E-state index in [1.165, 1.54) is 0 Å². The summed E-state index contributed by atoms with van der Waals surface area (Å²) >= 11 is 0. The van der Waals surface area contributed by atoms with Gasteiger partial charge in [0.05, 0.1) is 13.2 Å². The minimum atomic E-state index is -0.403. The Labute approximate surface area is 242 Å². The molecule has 3 aliphatic heterocycles. The van der Waals surface area contributed by atoms with Gasteiger partial charge in [0.2, 0.25) is 5.91 Å². The number of carbonyl (C=O) groups is 2. The number of ether oxygens (including phenoxy) is 2. The Morgan fingerprint density at radius 2 is 1.95 bits per heavy atom. The maximum atomic E-state index is 13.7. The first-order chi connectivity index (χ1) is 19.5. The van der Waals surface area contributed by atoms with E-state index in [2.05, 4.69) is 0 Å². The summed E-state index contributed by atoms with van der Waals surface area (Å²) in [7, 11) is 0. The predicted octanol–water partition coefficient (Wildman–Crippen LogP) is 4.97. The molecule has 9 nitrogen and oxygen atoms in total. The summed E-state index contributed by atoms with van der Waals surface area (Å²) in [5.41, 5.74) is 4.60. The average molecular weight is 563 g/mol. The number of benzene rings is 1. The molecule has 3 aliphatic rings. The van der Waals surface area contributed by atoms with Crippen LogP contribution in [0.5, 0.6) is 5.75 Å². The van der Waals surface area contributed by atoms with Gasteiger partial charge in [0, 0.05) is 60.6 Å². The van der Waals surface area contributed by atoms with E-state index in [1.54, 1.807) is 21.9 Å². The molecule has 2 fully saturated rings. The van der Waals surface area contributed by atoms with Gasteiger partial charge in [-0.15, -0.1) is 0 Å². The number of nitrogens with one attached hydrogen (secondary N) is 1. The zero-order chi connectivity index (χ0) is 29.3. The number of ketones is 1. The van der Waals surface area contributed by atoms with E-state index in [0.29, 0.717) is 48.5 Å². The van der Waals surface area contributed by atoms with E-state index < -0.39 is 5.41 Å². The molecule has 220 valence electrons. The Kier molecular flexibility index (Phi) is 8.47. The molecule has 0 radical (unpaired) electrons. The van der Waals surface area contributed by atoms with Gasteiger partial charge in [-0.05, 0) is 68.2 Å². The summed E-state index contributed by atoms with van der Waals surface area (Å²) in [5, 5.41) is 19.9. The molecule has 1 atom stereocenters. The largest absolute Gasteiger partial charge is 0.507 e. The lowest BCUT2D eigenvalue weighted by atomic mass is 9.83. The van der Waals surface area contributed by atoms with Crippen LogP contribution in [-0.4, -0.2) is 63.4 Å². The number of amides is 1. The van der Waals surface area contributed by atoms with Crippen LogP contribution in [0.2, 0.25) is 0 Å². The molecule has 2 N–H and O–H groups in total. The first kappa shape index (κ1) is 29.2. The third-order valence-corrected chi connectivity index (χ3v) is 8.30. The van der Waals surface area contributed by atoms with Gasteiger partial charge >= 0.3 is 0 Å². The number of piperidine rings is 1. The van der Waals surface area contributed by atoms with Crippen LogP contribution in [0.4, 0.5) is 0 Å². The lowest BCUT2D eigenvalue weighted by Gasteiger charge is -2.29. The Hall–Kier alpha value is -3.30. The minimum absolute atomic E-state index is 0.0203. The van der Waals surface area contributed by atoms with Crippen LogP contribution >= 0.6 is 0 Å². The number of phenols is 1. The quantitative estimate of drug-likeness (QED) is 0.436. The van der Waals surface area contributed by atoms with Crippen molar-refractivity contribution < 1.29 is 24.2 Å². The molecule has 41 heavy (non-hydrogen) atoms. The van der Waals surface area contributed by atoms with Gasteiger partial charge in [-0.25, -0.2) is 4.98 Å². The highest BCUT2D eigenvalue weighted by Crippen LogP contribution is 2.36. The Bertz CT molecular complexity index is 1340. The molecule has 2 aromatic rings. The molecule has 1 aromatic heterocycles. The molecule has 0 bridgehead atoms. The fourth-order valence-corrected chi connectivity index (χ4v) is 5.81. The van der Waals surface area contributed by atoms with Gasteiger partial charge in [-0.2, -0.15) is 0 Å². The van der Waals surface area contributed by atoms with Crippen molar-refractivity contribution in [3.05, 3.63) is 57.4 Å². The molecule has 1 unspecified atom stereocenters. The van der Waals surface area contributed by atoms with Gasteiger partial charge in [-0.1, -0.05) is 20.8 Å². The topological polar surface area (TPSA) is 116 Å². The van der Waals surface area contributed by atoms with E-state index in [1.807, 2.05) is 33.8 Å². The van der Waals surface area contributed by atoms with Gasteiger partial charge in [0.1, 0.15) is 17.3 Å². The van der Waals surface area contributed by atoms with E-state index in [0.717, 1.165) is 55.5 Å². The predicted molar refractivity (Wildman–Crippen MR) is 155 cm³/mol.